The second-order valence-corrected chi connectivity index (χ2v) is 10.1. The van der Waals surface area contributed by atoms with Crippen LogP contribution < -0.4 is 14.5 Å². The van der Waals surface area contributed by atoms with E-state index in [-0.39, 0.29) is 17.3 Å². The first kappa shape index (κ1) is 26.9. The monoisotopic (exact) mass is 592 g/mol. The average molecular weight is 594 g/mol. The number of halogens is 3. The van der Waals surface area contributed by atoms with Crippen molar-refractivity contribution in [1.82, 2.24) is 0 Å². The summed E-state index contributed by atoms with van der Waals surface area (Å²) in [7, 11) is 0. The Balaban J connectivity index is 1.47. The second kappa shape index (κ2) is 11.6. The van der Waals surface area contributed by atoms with Crippen molar-refractivity contribution >= 4 is 81.4 Å². The fraction of sp³-hybridized carbons (Fsp3) is 0.0333. The fourth-order valence-electron chi connectivity index (χ4n) is 4.02. The molecule has 1 aliphatic heterocycles. The average Bonchev–Trinajstić information content (AvgIpc) is 2.93. The maximum absolute atomic E-state index is 13.6. The van der Waals surface area contributed by atoms with Crippen LogP contribution in [0.4, 0.5) is 11.4 Å². The normalized spacial score (nSPS) is 13.6. The Morgan fingerprint density at radius 3 is 1.85 bits per heavy atom. The van der Waals surface area contributed by atoms with Crippen LogP contribution in [0.5, 0.6) is 5.75 Å². The predicted molar refractivity (Wildman–Crippen MR) is 161 cm³/mol. The van der Waals surface area contributed by atoms with Gasteiger partial charge in [-0.25, -0.2) is 0 Å². The van der Waals surface area contributed by atoms with Gasteiger partial charge in [-0.05, 0) is 72.4 Å². The Bertz CT molecular complexity index is 1550. The van der Waals surface area contributed by atoms with Crippen LogP contribution in [0, 0.1) is 0 Å². The summed E-state index contributed by atoms with van der Waals surface area (Å²) in [5, 5.41) is 1.39. The van der Waals surface area contributed by atoms with Crippen LogP contribution in [-0.2, 0) is 16.2 Å². The zero-order valence-corrected chi connectivity index (χ0v) is 23.3. The largest absolute Gasteiger partial charge is 0.487 e. The number of thiocarbonyl (C=S) groups is 1. The molecule has 0 saturated carbocycles. The minimum absolute atomic E-state index is 0.0611. The third kappa shape index (κ3) is 5.70. The number of amides is 2. The number of carbonyl (C=O) groups is 2. The molecule has 0 aliphatic carbocycles. The molecule has 5 nitrogen and oxygen atoms in total. The highest BCUT2D eigenvalue weighted by atomic mass is 35.5. The maximum atomic E-state index is 13.6. The molecule has 0 unspecified atom stereocenters. The molecule has 0 aromatic heterocycles. The van der Waals surface area contributed by atoms with Gasteiger partial charge in [-0.1, -0.05) is 83.3 Å². The van der Waals surface area contributed by atoms with Crippen molar-refractivity contribution in [2.45, 2.75) is 6.61 Å². The van der Waals surface area contributed by atoms with Crippen LogP contribution in [0.3, 0.4) is 0 Å². The summed E-state index contributed by atoms with van der Waals surface area (Å²) in [4.78, 5) is 30.0. The molecule has 2 amide bonds. The van der Waals surface area contributed by atoms with E-state index in [9.17, 15) is 9.59 Å². The number of ether oxygens (including phenoxy) is 1. The molecule has 4 aromatic rings. The molecule has 9 heteroatoms. The first-order valence-corrected chi connectivity index (χ1v) is 13.3. The van der Waals surface area contributed by atoms with Crippen molar-refractivity contribution in [3.05, 3.63) is 129 Å². The molecule has 0 bridgehead atoms. The van der Waals surface area contributed by atoms with Gasteiger partial charge in [0, 0.05) is 15.6 Å². The Hall–Kier alpha value is -3.68. The molecule has 1 saturated heterocycles. The van der Waals surface area contributed by atoms with Gasteiger partial charge in [0.25, 0.3) is 11.8 Å². The van der Waals surface area contributed by atoms with Gasteiger partial charge in [-0.2, -0.15) is 0 Å². The Labute approximate surface area is 245 Å². The molecule has 1 fully saturated rings. The first-order valence-electron chi connectivity index (χ1n) is 11.7. The van der Waals surface area contributed by atoms with Crippen LogP contribution in [0.15, 0.2) is 103 Å². The van der Waals surface area contributed by atoms with E-state index in [1.54, 1.807) is 84.9 Å². The highest BCUT2D eigenvalue weighted by molar-refractivity contribution is 7.81. The van der Waals surface area contributed by atoms with Gasteiger partial charge in [0.15, 0.2) is 5.11 Å². The van der Waals surface area contributed by atoms with Crippen molar-refractivity contribution in [1.29, 1.82) is 0 Å². The second-order valence-electron chi connectivity index (χ2n) is 8.51. The van der Waals surface area contributed by atoms with Gasteiger partial charge in [0.2, 0.25) is 0 Å². The number of para-hydroxylation sites is 2. The summed E-state index contributed by atoms with van der Waals surface area (Å²) in [6, 6.07) is 28.1. The summed E-state index contributed by atoms with van der Waals surface area (Å²) in [6.45, 7) is 0.183. The van der Waals surface area contributed by atoms with Crippen LogP contribution in [-0.4, -0.2) is 16.9 Å². The van der Waals surface area contributed by atoms with Crippen molar-refractivity contribution in [2.75, 3.05) is 9.80 Å². The molecule has 39 heavy (non-hydrogen) atoms. The number of nitrogens with zero attached hydrogens (tertiary/aromatic N) is 2. The molecule has 1 aliphatic rings. The lowest BCUT2D eigenvalue weighted by atomic mass is 10.0. The molecular weight excluding hydrogens is 575 g/mol. The third-order valence-electron chi connectivity index (χ3n) is 5.94. The lowest BCUT2D eigenvalue weighted by Gasteiger charge is -2.36. The number of hydrogen-bond donors (Lipinski definition) is 0. The van der Waals surface area contributed by atoms with Gasteiger partial charge in [0.05, 0.1) is 16.4 Å². The van der Waals surface area contributed by atoms with Crippen molar-refractivity contribution in [3.8, 4) is 5.75 Å². The van der Waals surface area contributed by atoms with Gasteiger partial charge < -0.3 is 4.74 Å². The van der Waals surface area contributed by atoms with Gasteiger partial charge >= 0.3 is 0 Å². The number of rotatable bonds is 6. The quantitative estimate of drug-likeness (QED) is 0.129. The SMILES string of the molecule is O=C1C(=Cc2ccc(OCc3ccc(Cl)cc3Cl)c(Cl)c2)C(=O)N(c2ccccc2)C(=S)N1c1ccccc1. The van der Waals surface area contributed by atoms with E-state index >= 15 is 0 Å². The lowest BCUT2D eigenvalue weighted by Crippen LogP contribution is -2.56. The number of carbonyl (C=O) groups excluding carboxylic acids is 2. The highest BCUT2D eigenvalue weighted by Crippen LogP contribution is 2.32. The van der Waals surface area contributed by atoms with Crippen molar-refractivity contribution in [2.24, 2.45) is 0 Å². The third-order valence-corrected chi connectivity index (χ3v) is 7.19. The van der Waals surface area contributed by atoms with Crippen LogP contribution in [0.2, 0.25) is 15.1 Å². The minimum atomic E-state index is -0.530. The van der Waals surface area contributed by atoms with E-state index in [1.807, 2.05) is 12.1 Å². The van der Waals surface area contributed by atoms with Crippen molar-refractivity contribution < 1.29 is 14.3 Å². The topological polar surface area (TPSA) is 49.9 Å². The summed E-state index contributed by atoms with van der Waals surface area (Å²) in [5.74, 6) is -0.640. The molecule has 194 valence electrons. The number of anilines is 2. The zero-order valence-electron chi connectivity index (χ0n) is 20.2. The summed E-state index contributed by atoms with van der Waals surface area (Å²) >= 11 is 24.3. The standard InChI is InChI=1S/C30H19Cl3N2O3S/c31-21-13-12-20(25(32)17-21)18-38-27-14-11-19(16-26(27)33)15-24-28(36)34(22-7-3-1-4-8-22)30(39)35(29(24)37)23-9-5-2-6-10-23/h1-17H,18H2. The summed E-state index contributed by atoms with van der Waals surface area (Å²) < 4.78 is 5.85. The predicted octanol–water partition coefficient (Wildman–Crippen LogP) is 7.97. The molecule has 5 rings (SSSR count). The molecule has 0 radical (unpaired) electrons. The Kier molecular flexibility index (Phi) is 8.00. The number of hydrogen-bond acceptors (Lipinski definition) is 4. The van der Waals surface area contributed by atoms with E-state index in [2.05, 4.69) is 0 Å². The Morgan fingerprint density at radius 2 is 1.31 bits per heavy atom. The number of benzene rings is 4. The van der Waals surface area contributed by atoms with E-state index in [0.717, 1.165) is 5.56 Å². The molecule has 1 heterocycles. The fourth-order valence-corrected chi connectivity index (χ4v) is 5.11. The van der Waals surface area contributed by atoms with E-state index < -0.39 is 11.8 Å². The van der Waals surface area contributed by atoms with Gasteiger partial charge in [-0.15, -0.1) is 0 Å². The van der Waals surface area contributed by atoms with E-state index in [1.165, 1.54) is 15.9 Å². The first-order chi connectivity index (χ1) is 18.8. The van der Waals surface area contributed by atoms with Crippen LogP contribution >= 0.6 is 47.0 Å². The lowest BCUT2D eigenvalue weighted by molar-refractivity contribution is -0.120. The molecule has 0 N–H and O–H groups in total. The molecule has 4 aromatic carbocycles. The smallest absolute Gasteiger partial charge is 0.270 e. The van der Waals surface area contributed by atoms with E-state index in [4.69, 9.17) is 51.8 Å². The summed E-state index contributed by atoms with van der Waals surface area (Å²) in [6.07, 6.45) is 1.50. The van der Waals surface area contributed by atoms with Gasteiger partial charge in [0.1, 0.15) is 17.9 Å². The highest BCUT2D eigenvalue weighted by Gasteiger charge is 2.41. The minimum Gasteiger partial charge on any atom is -0.487 e. The molecular formula is C30H19Cl3N2O3S. The van der Waals surface area contributed by atoms with Crippen molar-refractivity contribution in [3.63, 3.8) is 0 Å². The maximum Gasteiger partial charge on any atom is 0.270 e. The van der Waals surface area contributed by atoms with Crippen LogP contribution in [0.25, 0.3) is 6.08 Å². The molecule has 0 atom stereocenters. The van der Waals surface area contributed by atoms with E-state index in [0.29, 0.717) is 37.8 Å². The van der Waals surface area contributed by atoms with Gasteiger partial charge in [-0.3, -0.25) is 19.4 Å². The molecule has 0 spiro atoms. The Morgan fingerprint density at radius 1 is 0.718 bits per heavy atom. The zero-order chi connectivity index (χ0) is 27.5. The van der Waals surface area contributed by atoms with Crippen LogP contribution in [0.1, 0.15) is 11.1 Å². The summed E-state index contributed by atoms with van der Waals surface area (Å²) in [5.41, 5.74) is 2.33.